The van der Waals surface area contributed by atoms with Crippen LogP contribution in [0.5, 0.6) is 0 Å². The zero-order chi connectivity index (χ0) is 29.9. The van der Waals surface area contributed by atoms with Crippen LogP contribution in [0.1, 0.15) is 89.4 Å². The van der Waals surface area contributed by atoms with Crippen LogP contribution in [-0.4, -0.2) is 79.8 Å². The maximum atomic E-state index is 13.7. The normalized spacial score (nSPS) is 18.1. The second kappa shape index (κ2) is 13.1. The van der Waals surface area contributed by atoms with Crippen molar-refractivity contribution >= 4 is 44.3 Å². The highest BCUT2D eigenvalue weighted by molar-refractivity contribution is 7.89. The molecule has 0 spiro atoms. The second-order valence-electron chi connectivity index (χ2n) is 11.2. The first-order valence-electron chi connectivity index (χ1n) is 15.0. The number of thiophene rings is 1. The molecule has 10 nitrogen and oxygen atoms in total. The van der Waals surface area contributed by atoms with E-state index in [2.05, 4.69) is 5.32 Å². The number of hydrogen-bond donors (Lipinski definition) is 1. The standard InChI is InChI=1S/C30H40N4O6S2/c1-3-40-30(37)34-19-16-24-25(20-34)41-28(26(24)29(36)33-17-8-5-9-18-33)31-27(35)21-12-14-23(15-13-21)42(38,39)32(2)22-10-6-4-7-11-22/h12-15,22H,3-11,16-20H2,1-2H3,(H,31,35). The van der Waals surface area contributed by atoms with Crippen molar-refractivity contribution in [2.75, 3.05) is 38.6 Å². The molecule has 0 bridgehead atoms. The molecule has 42 heavy (non-hydrogen) atoms. The molecule has 0 atom stereocenters. The van der Waals surface area contributed by atoms with E-state index in [1.807, 2.05) is 4.90 Å². The van der Waals surface area contributed by atoms with E-state index in [4.69, 9.17) is 4.74 Å². The van der Waals surface area contributed by atoms with Crippen LogP contribution in [-0.2, 0) is 27.7 Å². The Morgan fingerprint density at radius 3 is 2.31 bits per heavy atom. The molecular formula is C30H40N4O6S2. The predicted octanol–water partition coefficient (Wildman–Crippen LogP) is 5.09. The zero-order valence-corrected chi connectivity index (χ0v) is 26.0. The number of hydrogen-bond acceptors (Lipinski definition) is 7. The summed E-state index contributed by atoms with van der Waals surface area (Å²) >= 11 is 1.31. The molecule has 1 N–H and O–H groups in total. The lowest BCUT2D eigenvalue weighted by Gasteiger charge is -2.30. The number of carbonyl (C=O) groups is 3. The fraction of sp³-hybridized carbons (Fsp3) is 0.567. The highest BCUT2D eigenvalue weighted by Gasteiger charge is 2.34. The van der Waals surface area contributed by atoms with Crippen LogP contribution in [0.15, 0.2) is 29.2 Å². The maximum Gasteiger partial charge on any atom is 0.410 e. The van der Waals surface area contributed by atoms with Gasteiger partial charge in [0.05, 0.1) is 23.6 Å². The molecule has 1 aromatic heterocycles. The highest BCUT2D eigenvalue weighted by Crippen LogP contribution is 2.39. The fourth-order valence-electron chi connectivity index (χ4n) is 6.10. The van der Waals surface area contributed by atoms with Gasteiger partial charge in [0, 0.05) is 43.2 Å². The summed E-state index contributed by atoms with van der Waals surface area (Å²) in [7, 11) is -2.04. The van der Waals surface area contributed by atoms with E-state index < -0.39 is 22.0 Å². The molecule has 3 aliphatic rings. The predicted molar refractivity (Wildman–Crippen MR) is 161 cm³/mol. The van der Waals surface area contributed by atoms with Crippen molar-refractivity contribution < 1.29 is 27.5 Å². The third-order valence-electron chi connectivity index (χ3n) is 8.55. The molecular weight excluding hydrogens is 576 g/mol. The van der Waals surface area contributed by atoms with Crippen molar-refractivity contribution in [1.29, 1.82) is 0 Å². The Labute approximate surface area is 252 Å². The van der Waals surface area contributed by atoms with Crippen LogP contribution in [0.25, 0.3) is 0 Å². The molecule has 0 unspecified atom stereocenters. The summed E-state index contributed by atoms with van der Waals surface area (Å²) in [5, 5.41) is 3.40. The van der Waals surface area contributed by atoms with Gasteiger partial charge in [0.15, 0.2) is 0 Å². The van der Waals surface area contributed by atoms with Crippen LogP contribution in [0.3, 0.4) is 0 Å². The first kappa shape index (κ1) is 30.5. The summed E-state index contributed by atoms with van der Waals surface area (Å²) in [5.41, 5.74) is 1.67. The van der Waals surface area contributed by atoms with E-state index in [0.717, 1.165) is 61.8 Å². The minimum Gasteiger partial charge on any atom is -0.450 e. The lowest BCUT2D eigenvalue weighted by molar-refractivity contribution is 0.0724. The average molecular weight is 617 g/mol. The number of fused-ring (bicyclic) bond motifs is 1. The number of nitrogens with one attached hydrogen (secondary N) is 1. The van der Waals surface area contributed by atoms with Crippen LogP contribution in [0, 0.1) is 0 Å². The van der Waals surface area contributed by atoms with Crippen molar-refractivity contribution in [1.82, 2.24) is 14.1 Å². The summed E-state index contributed by atoms with van der Waals surface area (Å²) in [6.45, 7) is 4.15. The molecule has 2 fully saturated rings. The van der Waals surface area contributed by atoms with E-state index in [0.29, 0.717) is 48.7 Å². The summed E-state index contributed by atoms with van der Waals surface area (Å²) in [6.07, 6.45) is 7.99. The molecule has 1 saturated carbocycles. The van der Waals surface area contributed by atoms with E-state index in [9.17, 15) is 22.8 Å². The van der Waals surface area contributed by atoms with Gasteiger partial charge in [-0.1, -0.05) is 19.3 Å². The molecule has 0 radical (unpaired) electrons. The fourth-order valence-corrected chi connectivity index (χ4v) is 8.77. The Morgan fingerprint density at radius 1 is 0.976 bits per heavy atom. The van der Waals surface area contributed by atoms with Crippen LogP contribution in [0.4, 0.5) is 9.80 Å². The number of amides is 3. The monoisotopic (exact) mass is 616 g/mol. The minimum absolute atomic E-state index is 0.00722. The van der Waals surface area contributed by atoms with Gasteiger partial charge >= 0.3 is 6.09 Å². The average Bonchev–Trinajstić information content (AvgIpc) is 3.38. The summed E-state index contributed by atoms with van der Waals surface area (Å²) in [4.78, 5) is 44.0. The third-order valence-corrected chi connectivity index (χ3v) is 11.6. The SMILES string of the molecule is CCOC(=O)N1CCc2c(sc(NC(=O)c3ccc(S(=O)(=O)N(C)C4CCCCC4)cc3)c2C(=O)N2CCCCC2)C1. The van der Waals surface area contributed by atoms with Gasteiger partial charge in [-0.05, 0) is 75.3 Å². The van der Waals surface area contributed by atoms with Gasteiger partial charge < -0.3 is 19.9 Å². The van der Waals surface area contributed by atoms with Crippen LogP contribution >= 0.6 is 11.3 Å². The van der Waals surface area contributed by atoms with Gasteiger partial charge in [-0.3, -0.25) is 9.59 Å². The summed E-state index contributed by atoms with van der Waals surface area (Å²) in [6, 6.07) is 5.96. The number of sulfonamides is 1. The van der Waals surface area contributed by atoms with Crippen molar-refractivity contribution in [2.24, 2.45) is 0 Å². The lowest BCUT2D eigenvalue weighted by atomic mass is 9.96. The van der Waals surface area contributed by atoms with Crippen LogP contribution in [0.2, 0.25) is 0 Å². The number of benzene rings is 1. The molecule has 2 aromatic rings. The van der Waals surface area contributed by atoms with Gasteiger partial charge in [0.25, 0.3) is 11.8 Å². The minimum atomic E-state index is -3.68. The Morgan fingerprint density at radius 2 is 1.64 bits per heavy atom. The largest absolute Gasteiger partial charge is 0.450 e. The molecule has 1 aliphatic carbocycles. The molecule has 5 rings (SSSR count). The van der Waals surface area contributed by atoms with E-state index in [1.54, 1.807) is 18.9 Å². The lowest BCUT2D eigenvalue weighted by Crippen LogP contribution is -2.38. The Balaban J connectivity index is 1.37. The summed E-state index contributed by atoms with van der Waals surface area (Å²) in [5.74, 6) is -0.521. The summed E-state index contributed by atoms with van der Waals surface area (Å²) < 4.78 is 33.1. The quantitative estimate of drug-likeness (QED) is 0.463. The smallest absolute Gasteiger partial charge is 0.410 e. The van der Waals surface area contributed by atoms with Gasteiger partial charge in [-0.25, -0.2) is 13.2 Å². The molecule has 1 aromatic carbocycles. The van der Waals surface area contributed by atoms with Gasteiger partial charge in [0.1, 0.15) is 5.00 Å². The number of nitrogens with zero attached hydrogens (tertiary/aromatic N) is 3. The van der Waals surface area contributed by atoms with E-state index >= 15 is 0 Å². The first-order chi connectivity index (χ1) is 20.2. The molecule has 228 valence electrons. The number of carbonyl (C=O) groups excluding carboxylic acids is 3. The van der Waals surface area contributed by atoms with Gasteiger partial charge in [0.2, 0.25) is 10.0 Å². The Hall–Kier alpha value is -2.96. The van der Waals surface area contributed by atoms with Crippen molar-refractivity contribution in [3.05, 3.63) is 45.8 Å². The highest BCUT2D eigenvalue weighted by atomic mass is 32.2. The van der Waals surface area contributed by atoms with Crippen LogP contribution < -0.4 is 5.32 Å². The maximum absolute atomic E-state index is 13.7. The molecule has 3 heterocycles. The number of likely N-dealkylation sites (tertiary alicyclic amines) is 1. The van der Waals surface area contributed by atoms with E-state index in [1.165, 1.54) is 39.9 Å². The molecule has 3 amide bonds. The topological polar surface area (TPSA) is 116 Å². The second-order valence-corrected chi connectivity index (χ2v) is 14.3. The molecule has 12 heteroatoms. The van der Waals surface area contributed by atoms with Gasteiger partial charge in [-0.2, -0.15) is 4.31 Å². The van der Waals surface area contributed by atoms with Gasteiger partial charge in [-0.15, -0.1) is 11.3 Å². The van der Waals surface area contributed by atoms with E-state index in [-0.39, 0.29) is 23.5 Å². The molecule has 1 saturated heterocycles. The number of ether oxygens (including phenoxy) is 1. The first-order valence-corrected chi connectivity index (χ1v) is 17.2. The zero-order valence-electron chi connectivity index (χ0n) is 24.4. The molecule has 2 aliphatic heterocycles. The number of rotatable bonds is 7. The Kier molecular flexibility index (Phi) is 9.54. The number of piperidine rings is 1. The Bertz CT molecular complexity index is 1410. The van der Waals surface area contributed by atoms with Crippen molar-refractivity contribution in [2.45, 2.75) is 82.2 Å². The third kappa shape index (κ3) is 6.35. The van der Waals surface area contributed by atoms with Crippen molar-refractivity contribution in [3.8, 4) is 0 Å². The number of anilines is 1. The van der Waals surface area contributed by atoms with Crippen molar-refractivity contribution in [3.63, 3.8) is 0 Å².